The van der Waals surface area contributed by atoms with Crippen LogP contribution in [0.5, 0.6) is 0 Å². The fourth-order valence-electron chi connectivity index (χ4n) is 0.730. The number of hydrogen-bond acceptors (Lipinski definition) is 4. The lowest BCUT2D eigenvalue weighted by Crippen LogP contribution is -2.37. The van der Waals surface area contributed by atoms with Gasteiger partial charge in [-0.05, 0) is 0 Å². The van der Waals surface area contributed by atoms with Crippen LogP contribution in [0.15, 0.2) is 0 Å². The molecule has 0 aliphatic rings. The van der Waals surface area contributed by atoms with Gasteiger partial charge in [0.1, 0.15) is 6.73 Å². The fraction of sp³-hybridized carbons (Fsp3) is 0.750. The zero-order valence-corrected chi connectivity index (χ0v) is 8.82. The number of likely N-dealkylation sites (N-methyl/N-ethyl adjacent to an activating group) is 2. The van der Waals surface area contributed by atoms with Crippen LogP contribution >= 0.6 is 0 Å². The van der Waals surface area contributed by atoms with Crippen molar-refractivity contribution in [2.45, 2.75) is 6.92 Å². The van der Waals surface area contributed by atoms with Crippen molar-refractivity contribution in [2.24, 2.45) is 5.73 Å². The second-order valence-electron chi connectivity index (χ2n) is 2.94. The molecular formula is C8H17N3O3. The van der Waals surface area contributed by atoms with E-state index in [0.29, 0.717) is 13.1 Å². The number of nitrogens with zero attached hydrogens (tertiary/aromatic N) is 2. The lowest BCUT2D eigenvalue weighted by Gasteiger charge is -2.20. The quantitative estimate of drug-likeness (QED) is 0.622. The Kier molecular flexibility index (Phi) is 5.62. The molecule has 6 nitrogen and oxygen atoms in total. The van der Waals surface area contributed by atoms with Crippen molar-refractivity contribution < 1.29 is 14.3 Å². The Labute approximate surface area is 83.6 Å². The van der Waals surface area contributed by atoms with Crippen LogP contribution in [0.1, 0.15) is 6.92 Å². The molecule has 0 aliphatic carbocycles. The second kappa shape index (κ2) is 6.20. The third kappa shape index (κ3) is 4.66. The van der Waals surface area contributed by atoms with Crippen molar-refractivity contribution in [3.05, 3.63) is 0 Å². The molecular weight excluding hydrogens is 186 g/mol. The topological polar surface area (TPSA) is 75.9 Å². The Morgan fingerprint density at radius 3 is 2.14 bits per heavy atom. The van der Waals surface area contributed by atoms with Crippen LogP contribution in [0, 0.1) is 0 Å². The lowest BCUT2D eigenvalue weighted by atomic mass is 10.5. The Hall–Kier alpha value is -1.30. The first-order valence-corrected chi connectivity index (χ1v) is 4.28. The third-order valence-corrected chi connectivity index (χ3v) is 1.83. The van der Waals surface area contributed by atoms with Gasteiger partial charge in [-0.2, -0.15) is 0 Å². The number of ether oxygens (including phenoxy) is 1. The van der Waals surface area contributed by atoms with E-state index in [9.17, 15) is 9.59 Å². The molecule has 0 fully saturated rings. The molecule has 0 unspecified atom stereocenters. The van der Waals surface area contributed by atoms with Crippen molar-refractivity contribution >= 4 is 12.0 Å². The second-order valence-corrected chi connectivity index (χ2v) is 2.94. The molecule has 0 spiro atoms. The summed E-state index contributed by atoms with van der Waals surface area (Å²) in [4.78, 5) is 24.8. The molecule has 82 valence electrons. The maximum absolute atomic E-state index is 11.0. The molecule has 0 aromatic carbocycles. The maximum Gasteiger partial charge on any atom is 0.410 e. The molecule has 0 saturated heterocycles. The molecule has 0 bridgehead atoms. The van der Waals surface area contributed by atoms with E-state index in [1.807, 2.05) is 0 Å². The molecule has 0 atom stereocenters. The van der Waals surface area contributed by atoms with Gasteiger partial charge in [-0.15, -0.1) is 0 Å². The Bertz CT molecular complexity index is 208. The van der Waals surface area contributed by atoms with Crippen molar-refractivity contribution in [1.29, 1.82) is 0 Å². The summed E-state index contributed by atoms with van der Waals surface area (Å²) in [5.74, 6) is -0.0365. The zero-order chi connectivity index (χ0) is 11.1. The summed E-state index contributed by atoms with van der Waals surface area (Å²) in [6.07, 6.45) is -0.482. The van der Waals surface area contributed by atoms with E-state index >= 15 is 0 Å². The van der Waals surface area contributed by atoms with Crippen molar-refractivity contribution in [3.63, 3.8) is 0 Å². The summed E-state index contributed by atoms with van der Waals surface area (Å²) in [5.41, 5.74) is 5.04. The smallest absolute Gasteiger partial charge is 0.410 e. The number of carbonyl (C=O) groups excluding carboxylic acids is 2. The predicted molar refractivity (Wildman–Crippen MR) is 51.5 cm³/mol. The molecule has 0 rings (SSSR count). The molecule has 14 heavy (non-hydrogen) atoms. The van der Waals surface area contributed by atoms with E-state index in [-0.39, 0.29) is 12.6 Å². The highest BCUT2D eigenvalue weighted by molar-refractivity contribution is 5.73. The van der Waals surface area contributed by atoms with Crippen LogP contribution in [0.2, 0.25) is 0 Å². The number of carbonyl (C=O) groups is 2. The van der Waals surface area contributed by atoms with Crippen LogP contribution in [0.4, 0.5) is 4.79 Å². The first-order chi connectivity index (χ1) is 6.49. The number of nitrogens with two attached hydrogens (primary N) is 1. The summed E-state index contributed by atoms with van der Waals surface area (Å²) in [5, 5.41) is 0. The van der Waals surface area contributed by atoms with Crippen LogP contribution in [0.25, 0.3) is 0 Å². The van der Waals surface area contributed by atoms with Gasteiger partial charge in [-0.3, -0.25) is 10.5 Å². The van der Waals surface area contributed by atoms with Gasteiger partial charge in [0, 0.05) is 34.1 Å². The van der Waals surface area contributed by atoms with Gasteiger partial charge in [0.05, 0.1) is 0 Å². The van der Waals surface area contributed by atoms with Gasteiger partial charge in [-0.25, -0.2) is 4.79 Å². The minimum atomic E-state index is -0.482. The SMILES string of the molecule is CC(=O)N(C)CCN(C)C(=O)OCN. The lowest BCUT2D eigenvalue weighted by molar-refractivity contribution is -0.127. The van der Waals surface area contributed by atoms with E-state index in [1.54, 1.807) is 14.1 Å². The average molecular weight is 203 g/mol. The zero-order valence-electron chi connectivity index (χ0n) is 8.82. The summed E-state index contributed by atoms with van der Waals surface area (Å²) < 4.78 is 4.56. The number of hydrogen-bond donors (Lipinski definition) is 1. The highest BCUT2D eigenvalue weighted by Gasteiger charge is 2.10. The third-order valence-electron chi connectivity index (χ3n) is 1.83. The Morgan fingerprint density at radius 1 is 1.21 bits per heavy atom. The minimum Gasteiger partial charge on any atom is -0.434 e. The monoisotopic (exact) mass is 203 g/mol. The van der Waals surface area contributed by atoms with Crippen LogP contribution < -0.4 is 5.73 Å². The van der Waals surface area contributed by atoms with Gasteiger partial charge in [0.25, 0.3) is 0 Å². The van der Waals surface area contributed by atoms with E-state index in [2.05, 4.69) is 4.74 Å². The first kappa shape index (κ1) is 12.7. The Morgan fingerprint density at radius 2 is 1.71 bits per heavy atom. The molecule has 0 heterocycles. The Balaban J connectivity index is 3.78. The van der Waals surface area contributed by atoms with E-state index in [0.717, 1.165) is 0 Å². The van der Waals surface area contributed by atoms with Gasteiger partial charge < -0.3 is 14.5 Å². The van der Waals surface area contributed by atoms with Gasteiger partial charge in [0.15, 0.2) is 0 Å². The van der Waals surface area contributed by atoms with Crippen LogP contribution in [-0.4, -0.2) is 55.7 Å². The number of amides is 2. The standard InChI is InChI=1S/C8H17N3O3/c1-7(12)10(2)4-5-11(3)8(13)14-6-9/h4-6,9H2,1-3H3. The minimum absolute atomic E-state index is 0.0365. The van der Waals surface area contributed by atoms with Crippen molar-refractivity contribution in [1.82, 2.24) is 9.80 Å². The van der Waals surface area contributed by atoms with Crippen molar-refractivity contribution in [3.8, 4) is 0 Å². The summed E-state index contributed by atoms with van der Waals surface area (Å²) in [7, 11) is 3.26. The average Bonchev–Trinajstić information content (AvgIpc) is 2.13. The molecule has 2 amide bonds. The first-order valence-electron chi connectivity index (χ1n) is 4.28. The highest BCUT2D eigenvalue weighted by atomic mass is 16.6. The summed E-state index contributed by atoms with van der Waals surface area (Å²) >= 11 is 0. The molecule has 0 aromatic rings. The number of rotatable bonds is 4. The van der Waals surface area contributed by atoms with Gasteiger partial charge in [-0.1, -0.05) is 0 Å². The van der Waals surface area contributed by atoms with Gasteiger partial charge >= 0.3 is 6.09 Å². The van der Waals surface area contributed by atoms with Gasteiger partial charge in [0.2, 0.25) is 5.91 Å². The van der Waals surface area contributed by atoms with Crippen LogP contribution in [0.3, 0.4) is 0 Å². The largest absolute Gasteiger partial charge is 0.434 e. The van der Waals surface area contributed by atoms with Crippen molar-refractivity contribution in [2.75, 3.05) is 33.9 Å². The van der Waals surface area contributed by atoms with E-state index < -0.39 is 6.09 Å². The fourth-order valence-corrected chi connectivity index (χ4v) is 0.730. The highest BCUT2D eigenvalue weighted by Crippen LogP contribution is 1.91. The van der Waals surface area contributed by atoms with E-state index in [1.165, 1.54) is 16.7 Å². The van der Waals surface area contributed by atoms with E-state index in [4.69, 9.17) is 5.73 Å². The maximum atomic E-state index is 11.0. The summed E-state index contributed by atoms with van der Waals surface area (Å²) in [6.45, 7) is 2.24. The molecule has 0 radical (unpaired) electrons. The normalized spacial score (nSPS) is 9.43. The molecule has 2 N–H and O–H groups in total. The molecule has 0 saturated carbocycles. The predicted octanol–water partition coefficient (Wildman–Crippen LogP) is -0.551. The van der Waals surface area contributed by atoms with Crippen LogP contribution in [-0.2, 0) is 9.53 Å². The molecule has 6 heteroatoms. The molecule has 0 aliphatic heterocycles. The summed E-state index contributed by atoms with van der Waals surface area (Å²) in [6, 6.07) is 0. The molecule has 0 aromatic heterocycles.